The topological polar surface area (TPSA) is 46.3 Å². The molecule has 1 unspecified atom stereocenters. The molecule has 1 atom stereocenters. The van der Waals surface area contributed by atoms with Crippen LogP contribution in [0.2, 0.25) is 0 Å². The quantitative estimate of drug-likeness (QED) is 0.709. The molecule has 1 fully saturated rings. The van der Waals surface area contributed by atoms with Gasteiger partial charge in [-0.05, 0) is 19.5 Å². The Morgan fingerprint density at radius 3 is 3.07 bits per heavy atom. The number of likely N-dealkylation sites (N-methyl/N-ethyl adjacent to an activating group) is 1. The summed E-state index contributed by atoms with van der Waals surface area (Å²) in [5, 5.41) is 3.77. The van der Waals surface area contributed by atoms with E-state index in [2.05, 4.69) is 17.0 Å². The molecule has 1 aromatic heterocycles. The van der Waals surface area contributed by atoms with E-state index in [9.17, 15) is 4.79 Å². The lowest BCUT2D eigenvalue weighted by Crippen LogP contribution is -2.19. The largest absolute Gasteiger partial charge is 0.360 e. The van der Waals surface area contributed by atoms with Crippen molar-refractivity contribution >= 4 is 5.78 Å². The maximum atomic E-state index is 11.1. The Kier molecular flexibility index (Phi) is 2.86. The summed E-state index contributed by atoms with van der Waals surface area (Å²) >= 11 is 0. The molecule has 0 saturated carbocycles. The molecule has 1 aromatic rings. The Bertz CT molecular complexity index is 359. The number of likely N-dealkylation sites (tertiary alicyclic amines) is 1. The molecular weight excluding hydrogens is 192 g/mol. The van der Waals surface area contributed by atoms with E-state index in [1.807, 2.05) is 0 Å². The first-order valence-electron chi connectivity index (χ1n) is 5.40. The van der Waals surface area contributed by atoms with E-state index >= 15 is 0 Å². The van der Waals surface area contributed by atoms with Crippen molar-refractivity contribution in [2.24, 2.45) is 0 Å². The number of nitrogens with zero attached hydrogens (tertiary/aromatic N) is 2. The van der Waals surface area contributed by atoms with Gasteiger partial charge in [-0.25, -0.2) is 0 Å². The van der Waals surface area contributed by atoms with E-state index in [0.717, 1.165) is 31.8 Å². The Balaban J connectivity index is 2.07. The molecule has 15 heavy (non-hydrogen) atoms. The first kappa shape index (κ1) is 10.4. The Morgan fingerprint density at radius 2 is 2.53 bits per heavy atom. The third-order valence-electron chi connectivity index (χ3n) is 3.01. The van der Waals surface area contributed by atoms with E-state index in [0.29, 0.717) is 11.6 Å². The van der Waals surface area contributed by atoms with Gasteiger partial charge in [0.15, 0.2) is 5.78 Å². The highest BCUT2D eigenvalue weighted by Gasteiger charge is 2.26. The third kappa shape index (κ3) is 2.09. The molecule has 2 rings (SSSR count). The fourth-order valence-corrected chi connectivity index (χ4v) is 2.00. The van der Waals surface area contributed by atoms with Crippen LogP contribution in [0, 0.1) is 0 Å². The van der Waals surface area contributed by atoms with Gasteiger partial charge in [0.25, 0.3) is 0 Å². The number of rotatable bonds is 3. The summed E-state index contributed by atoms with van der Waals surface area (Å²) in [5.74, 6) is 1.23. The molecule has 1 saturated heterocycles. The summed E-state index contributed by atoms with van der Waals surface area (Å²) < 4.78 is 5.21. The molecule has 82 valence electrons. The van der Waals surface area contributed by atoms with Crippen LogP contribution in [0.1, 0.15) is 42.4 Å². The zero-order valence-electron chi connectivity index (χ0n) is 9.19. The number of hydrogen-bond acceptors (Lipinski definition) is 4. The molecule has 4 nitrogen and oxygen atoms in total. The maximum Gasteiger partial charge on any atom is 0.181 e. The minimum Gasteiger partial charge on any atom is -0.360 e. The summed E-state index contributed by atoms with van der Waals surface area (Å²) in [6, 6.07) is 1.78. The minimum absolute atomic E-state index is 0.0321. The average Bonchev–Trinajstić information content (AvgIpc) is 2.86. The van der Waals surface area contributed by atoms with Crippen molar-refractivity contribution in [3.63, 3.8) is 0 Å². The van der Waals surface area contributed by atoms with Crippen LogP contribution in [0.15, 0.2) is 10.6 Å². The van der Waals surface area contributed by atoms with Crippen LogP contribution >= 0.6 is 0 Å². The monoisotopic (exact) mass is 208 g/mol. The number of hydrogen-bond donors (Lipinski definition) is 0. The Hall–Kier alpha value is -1.16. The van der Waals surface area contributed by atoms with Crippen molar-refractivity contribution < 1.29 is 9.32 Å². The van der Waals surface area contributed by atoms with Gasteiger partial charge < -0.3 is 9.42 Å². The molecule has 0 spiro atoms. The number of carbonyl (C=O) groups is 1. The molecule has 1 aliphatic rings. The normalized spacial score (nSPS) is 22.1. The van der Waals surface area contributed by atoms with Crippen molar-refractivity contribution in [1.29, 1.82) is 0 Å². The van der Waals surface area contributed by atoms with Crippen molar-refractivity contribution in [3.8, 4) is 0 Å². The molecule has 0 amide bonds. The van der Waals surface area contributed by atoms with Crippen LogP contribution in [0.3, 0.4) is 0 Å². The standard InChI is InChI=1S/C11H16N2O2/c1-3-13-5-4-9(7-13)11-6-10(8(2)14)12-15-11/h6,9H,3-5,7H2,1-2H3. The van der Waals surface area contributed by atoms with Gasteiger partial charge in [-0.2, -0.15) is 0 Å². The van der Waals surface area contributed by atoms with Crippen molar-refractivity contribution in [2.75, 3.05) is 19.6 Å². The lowest BCUT2D eigenvalue weighted by molar-refractivity contribution is 0.100. The van der Waals surface area contributed by atoms with E-state index in [1.165, 1.54) is 6.92 Å². The van der Waals surface area contributed by atoms with Crippen LogP contribution in [-0.2, 0) is 0 Å². The van der Waals surface area contributed by atoms with Crippen LogP contribution in [0.5, 0.6) is 0 Å². The van der Waals surface area contributed by atoms with Gasteiger partial charge in [-0.1, -0.05) is 12.1 Å². The smallest absolute Gasteiger partial charge is 0.181 e. The summed E-state index contributed by atoms with van der Waals surface area (Å²) in [6.07, 6.45) is 1.10. The first-order chi connectivity index (χ1) is 7.20. The van der Waals surface area contributed by atoms with Crippen molar-refractivity contribution in [2.45, 2.75) is 26.2 Å². The van der Waals surface area contributed by atoms with Crippen molar-refractivity contribution in [3.05, 3.63) is 17.5 Å². The highest BCUT2D eigenvalue weighted by molar-refractivity contribution is 5.91. The lowest BCUT2D eigenvalue weighted by atomic mass is 10.1. The zero-order valence-corrected chi connectivity index (χ0v) is 9.19. The minimum atomic E-state index is -0.0321. The van der Waals surface area contributed by atoms with E-state index < -0.39 is 0 Å². The second-order valence-corrected chi connectivity index (χ2v) is 4.05. The number of ketones is 1. The van der Waals surface area contributed by atoms with Gasteiger partial charge in [-0.3, -0.25) is 4.79 Å². The molecule has 0 aliphatic carbocycles. The second-order valence-electron chi connectivity index (χ2n) is 4.05. The summed E-state index contributed by atoms with van der Waals surface area (Å²) in [4.78, 5) is 13.4. The fourth-order valence-electron chi connectivity index (χ4n) is 2.00. The van der Waals surface area contributed by atoms with Crippen LogP contribution in [0.4, 0.5) is 0 Å². The predicted molar refractivity (Wildman–Crippen MR) is 56.0 cm³/mol. The maximum absolute atomic E-state index is 11.1. The third-order valence-corrected chi connectivity index (χ3v) is 3.01. The lowest BCUT2D eigenvalue weighted by Gasteiger charge is -2.10. The fraction of sp³-hybridized carbons (Fsp3) is 0.636. The predicted octanol–water partition coefficient (Wildman–Crippen LogP) is 1.69. The number of Topliss-reactive ketones (excluding diaryl/α,β-unsaturated/α-hetero) is 1. The van der Waals surface area contributed by atoms with E-state index in [1.54, 1.807) is 6.07 Å². The van der Waals surface area contributed by atoms with Gasteiger partial charge in [0.2, 0.25) is 0 Å². The molecule has 0 bridgehead atoms. The molecule has 2 heterocycles. The zero-order chi connectivity index (χ0) is 10.8. The van der Waals surface area contributed by atoms with Gasteiger partial charge in [-0.15, -0.1) is 0 Å². The Morgan fingerprint density at radius 1 is 1.73 bits per heavy atom. The molecular formula is C11H16N2O2. The SMILES string of the molecule is CCN1CCC(c2cc(C(C)=O)no2)C1. The summed E-state index contributed by atoms with van der Waals surface area (Å²) in [7, 11) is 0. The second kappa shape index (κ2) is 4.14. The highest BCUT2D eigenvalue weighted by atomic mass is 16.5. The highest BCUT2D eigenvalue weighted by Crippen LogP contribution is 2.27. The van der Waals surface area contributed by atoms with Crippen LogP contribution < -0.4 is 0 Å². The van der Waals surface area contributed by atoms with Crippen molar-refractivity contribution in [1.82, 2.24) is 10.1 Å². The van der Waals surface area contributed by atoms with E-state index in [4.69, 9.17) is 4.52 Å². The van der Waals surface area contributed by atoms with Gasteiger partial charge in [0.05, 0.1) is 0 Å². The number of carbonyl (C=O) groups excluding carboxylic acids is 1. The van der Waals surface area contributed by atoms with Crippen LogP contribution in [0.25, 0.3) is 0 Å². The molecule has 0 aromatic carbocycles. The molecule has 1 aliphatic heterocycles. The van der Waals surface area contributed by atoms with Gasteiger partial charge in [0, 0.05) is 25.5 Å². The van der Waals surface area contributed by atoms with Gasteiger partial charge >= 0.3 is 0 Å². The van der Waals surface area contributed by atoms with E-state index in [-0.39, 0.29) is 5.78 Å². The first-order valence-corrected chi connectivity index (χ1v) is 5.40. The van der Waals surface area contributed by atoms with Gasteiger partial charge in [0.1, 0.15) is 11.5 Å². The molecule has 4 heteroatoms. The van der Waals surface area contributed by atoms with Crippen LogP contribution in [-0.4, -0.2) is 35.5 Å². The Labute approximate surface area is 89.2 Å². The summed E-state index contributed by atoms with van der Waals surface area (Å²) in [5.41, 5.74) is 0.444. The number of aromatic nitrogens is 1. The molecule has 0 radical (unpaired) electrons. The summed E-state index contributed by atoms with van der Waals surface area (Å²) in [6.45, 7) is 6.86. The average molecular weight is 208 g/mol. The molecule has 0 N–H and O–H groups in total.